The predicted octanol–water partition coefficient (Wildman–Crippen LogP) is 0.941. The number of aliphatic hydroxyl groups excluding tert-OH is 1. The maximum atomic E-state index is 9.19. The van der Waals surface area contributed by atoms with Crippen LogP contribution in [0, 0.1) is 6.92 Å². The molecule has 66 valence electrons. The SMILES string of the molecule is Cc1cc(CCO)cc(O)c1O. The third-order valence-corrected chi connectivity index (χ3v) is 1.74. The molecule has 0 unspecified atom stereocenters. The van der Waals surface area contributed by atoms with Crippen molar-refractivity contribution in [1.82, 2.24) is 0 Å². The maximum absolute atomic E-state index is 9.19. The Morgan fingerprint density at radius 1 is 1.25 bits per heavy atom. The number of aliphatic hydroxyl groups is 1. The van der Waals surface area contributed by atoms with Crippen LogP contribution < -0.4 is 0 Å². The zero-order chi connectivity index (χ0) is 9.14. The lowest BCUT2D eigenvalue weighted by atomic mass is 10.1. The number of benzene rings is 1. The Bertz CT molecular complexity index is 258. The van der Waals surface area contributed by atoms with Crippen LogP contribution in [-0.4, -0.2) is 21.9 Å². The number of rotatable bonds is 2. The van der Waals surface area contributed by atoms with E-state index in [4.69, 9.17) is 5.11 Å². The van der Waals surface area contributed by atoms with Gasteiger partial charge in [-0.3, -0.25) is 0 Å². The Hall–Kier alpha value is -1.22. The number of hydrogen-bond acceptors (Lipinski definition) is 3. The first-order chi connectivity index (χ1) is 5.65. The fraction of sp³-hybridized carbons (Fsp3) is 0.333. The first-order valence-electron chi connectivity index (χ1n) is 3.77. The number of aromatic hydroxyl groups is 2. The van der Waals surface area contributed by atoms with Crippen LogP contribution in [0.25, 0.3) is 0 Å². The quantitative estimate of drug-likeness (QED) is 0.576. The highest BCUT2D eigenvalue weighted by Gasteiger charge is 2.04. The van der Waals surface area contributed by atoms with E-state index in [0.29, 0.717) is 12.0 Å². The molecule has 3 N–H and O–H groups in total. The number of aryl methyl sites for hydroxylation is 1. The molecule has 12 heavy (non-hydrogen) atoms. The Morgan fingerprint density at radius 2 is 1.92 bits per heavy atom. The molecule has 0 aliphatic heterocycles. The van der Waals surface area contributed by atoms with Gasteiger partial charge in [-0.2, -0.15) is 0 Å². The molecule has 0 radical (unpaired) electrons. The van der Waals surface area contributed by atoms with Crippen molar-refractivity contribution in [3.8, 4) is 11.5 Å². The Labute approximate surface area is 70.9 Å². The van der Waals surface area contributed by atoms with Crippen LogP contribution in [0.3, 0.4) is 0 Å². The molecular formula is C9H12O3. The van der Waals surface area contributed by atoms with Crippen LogP contribution in [0.5, 0.6) is 11.5 Å². The van der Waals surface area contributed by atoms with E-state index in [1.54, 1.807) is 13.0 Å². The molecule has 0 amide bonds. The summed E-state index contributed by atoms with van der Waals surface area (Å²) in [6.45, 7) is 1.75. The van der Waals surface area contributed by atoms with Gasteiger partial charge < -0.3 is 15.3 Å². The molecule has 0 aliphatic rings. The molecule has 3 heteroatoms. The first-order valence-corrected chi connectivity index (χ1v) is 3.77. The van der Waals surface area contributed by atoms with Gasteiger partial charge in [-0.15, -0.1) is 0 Å². The first kappa shape index (κ1) is 8.87. The predicted molar refractivity (Wildman–Crippen MR) is 45.3 cm³/mol. The Balaban J connectivity index is 3.04. The Kier molecular flexibility index (Phi) is 2.55. The molecule has 1 aromatic carbocycles. The van der Waals surface area contributed by atoms with E-state index in [2.05, 4.69) is 0 Å². The van der Waals surface area contributed by atoms with Crippen molar-refractivity contribution in [2.24, 2.45) is 0 Å². The third kappa shape index (κ3) is 1.68. The summed E-state index contributed by atoms with van der Waals surface area (Å²) in [6.07, 6.45) is 0.495. The van der Waals surface area contributed by atoms with E-state index in [1.165, 1.54) is 6.07 Å². The van der Waals surface area contributed by atoms with Gasteiger partial charge in [0.25, 0.3) is 0 Å². The van der Waals surface area contributed by atoms with Gasteiger partial charge in [0.2, 0.25) is 0 Å². The van der Waals surface area contributed by atoms with Gasteiger partial charge in [-0.1, -0.05) is 6.07 Å². The average Bonchev–Trinajstić information content (AvgIpc) is 2.01. The zero-order valence-corrected chi connectivity index (χ0v) is 6.91. The van der Waals surface area contributed by atoms with Gasteiger partial charge in [0.05, 0.1) is 0 Å². The summed E-state index contributed by atoms with van der Waals surface area (Å²) in [6, 6.07) is 3.20. The van der Waals surface area contributed by atoms with Gasteiger partial charge in [0.15, 0.2) is 11.5 Å². The van der Waals surface area contributed by atoms with Gasteiger partial charge in [-0.25, -0.2) is 0 Å². The third-order valence-electron chi connectivity index (χ3n) is 1.74. The van der Waals surface area contributed by atoms with E-state index < -0.39 is 0 Å². The van der Waals surface area contributed by atoms with Crippen LogP contribution in [0.4, 0.5) is 0 Å². The lowest BCUT2D eigenvalue weighted by molar-refractivity contribution is 0.299. The van der Waals surface area contributed by atoms with Crippen LogP contribution in [0.15, 0.2) is 12.1 Å². The van der Waals surface area contributed by atoms with Crippen molar-refractivity contribution in [2.45, 2.75) is 13.3 Å². The van der Waals surface area contributed by atoms with E-state index >= 15 is 0 Å². The standard InChI is InChI=1S/C9H12O3/c1-6-4-7(2-3-10)5-8(11)9(6)12/h4-5,10-12H,2-3H2,1H3. The van der Waals surface area contributed by atoms with Crippen LogP contribution >= 0.6 is 0 Å². The lowest BCUT2D eigenvalue weighted by Crippen LogP contribution is -1.91. The van der Waals surface area contributed by atoms with Gasteiger partial charge in [-0.05, 0) is 30.5 Å². The van der Waals surface area contributed by atoms with Gasteiger partial charge in [0.1, 0.15) is 0 Å². The van der Waals surface area contributed by atoms with Crippen LogP contribution in [-0.2, 0) is 6.42 Å². The fourth-order valence-electron chi connectivity index (χ4n) is 1.11. The molecule has 0 saturated carbocycles. The van der Waals surface area contributed by atoms with Gasteiger partial charge in [0, 0.05) is 6.61 Å². The molecule has 0 atom stereocenters. The smallest absolute Gasteiger partial charge is 0.160 e. The molecule has 0 bridgehead atoms. The van der Waals surface area contributed by atoms with Crippen molar-refractivity contribution in [3.05, 3.63) is 23.3 Å². The minimum Gasteiger partial charge on any atom is -0.504 e. The van der Waals surface area contributed by atoms with Crippen LogP contribution in [0.2, 0.25) is 0 Å². The molecule has 0 aromatic heterocycles. The lowest BCUT2D eigenvalue weighted by Gasteiger charge is -2.04. The molecule has 0 aliphatic carbocycles. The zero-order valence-electron chi connectivity index (χ0n) is 6.91. The second-order valence-electron chi connectivity index (χ2n) is 2.75. The van der Waals surface area contributed by atoms with Gasteiger partial charge >= 0.3 is 0 Å². The van der Waals surface area contributed by atoms with E-state index in [0.717, 1.165) is 5.56 Å². The minimum atomic E-state index is -0.126. The molecule has 0 spiro atoms. The van der Waals surface area contributed by atoms with E-state index in [9.17, 15) is 10.2 Å². The fourth-order valence-corrected chi connectivity index (χ4v) is 1.11. The highest BCUT2D eigenvalue weighted by molar-refractivity contribution is 5.46. The van der Waals surface area contributed by atoms with E-state index in [1.807, 2.05) is 0 Å². The number of phenolic OH excluding ortho intramolecular Hbond substituents is 2. The second kappa shape index (κ2) is 3.45. The Morgan fingerprint density at radius 3 is 2.42 bits per heavy atom. The molecule has 0 saturated heterocycles. The normalized spacial score (nSPS) is 10.2. The maximum Gasteiger partial charge on any atom is 0.160 e. The molecule has 0 heterocycles. The molecule has 0 fully saturated rings. The minimum absolute atomic E-state index is 0.0453. The average molecular weight is 168 g/mol. The molecule has 3 nitrogen and oxygen atoms in total. The van der Waals surface area contributed by atoms with Crippen molar-refractivity contribution in [3.63, 3.8) is 0 Å². The summed E-state index contributed by atoms with van der Waals surface area (Å²) in [4.78, 5) is 0. The van der Waals surface area contributed by atoms with E-state index in [-0.39, 0.29) is 18.1 Å². The molecule has 1 rings (SSSR count). The van der Waals surface area contributed by atoms with Crippen LogP contribution in [0.1, 0.15) is 11.1 Å². The molecular weight excluding hydrogens is 156 g/mol. The highest BCUT2D eigenvalue weighted by Crippen LogP contribution is 2.29. The van der Waals surface area contributed by atoms with Crippen molar-refractivity contribution < 1.29 is 15.3 Å². The summed E-state index contributed by atoms with van der Waals surface area (Å²) in [5, 5.41) is 27.0. The summed E-state index contributed by atoms with van der Waals surface area (Å²) in [7, 11) is 0. The highest BCUT2D eigenvalue weighted by atomic mass is 16.3. The van der Waals surface area contributed by atoms with Crippen molar-refractivity contribution in [1.29, 1.82) is 0 Å². The topological polar surface area (TPSA) is 60.7 Å². The number of hydrogen-bond donors (Lipinski definition) is 3. The summed E-state index contributed by atoms with van der Waals surface area (Å²) >= 11 is 0. The summed E-state index contributed by atoms with van der Waals surface area (Å²) in [5.74, 6) is -0.213. The summed E-state index contributed by atoms with van der Waals surface area (Å²) in [5.41, 5.74) is 1.45. The largest absolute Gasteiger partial charge is 0.504 e. The number of phenols is 2. The summed E-state index contributed by atoms with van der Waals surface area (Å²) < 4.78 is 0. The molecule has 1 aromatic rings. The van der Waals surface area contributed by atoms with Crippen molar-refractivity contribution in [2.75, 3.05) is 6.61 Å². The van der Waals surface area contributed by atoms with Crippen molar-refractivity contribution >= 4 is 0 Å². The second-order valence-corrected chi connectivity index (χ2v) is 2.75. The monoisotopic (exact) mass is 168 g/mol.